The van der Waals surface area contributed by atoms with E-state index in [9.17, 15) is 4.39 Å². The van der Waals surface area contributed by atoms with Crippen molar-refractivity contribution in [1.82, 2.24) is 10.3 Å². The zero-order chi connectivity index (χ0) is 13.7. The van der Waals surface area contributed by atoms with E-state index in [1.807, 2.05) is 19.3 Å². The highest BCUT2D eigenvalue weighted by Crippen LogP contribution is 2.27. The minimum Gasteiger partial charge on any atom is -0.341 e. The SMILES string of the molecule is CCN(c1ccc(F)cc1)c1ccncc1CNC. The van der Waals surface area contributed by atoms with Crippen LogP contribution in [0.2, 0.25) is 0 Å². The summed E-state index contributed by atoms with van der Waals surface area (Å²) in [6.45, 7) is 3.64. The highest BCUT2D eigenvalue weighted by Gasteiger charge is 2.11. The van der Waals surface area contributed by atoms with Gasteiger partial charge in [0.15, 0.2) is 0 Å². The lowest BCUT2D eigenvalue weighted by atomic mass is 10.2. The molecule has 1 aromatic carbocycles. The molecule has 0 saturated carbocycles. The van der Waals surface area contributed by atoms with Crippen LogP contribution < -0.4 is 10.2 Å². The van der Waals surface area contributed by atoms with Crippen molar-refractivity contribution in [1.29, 1.82) is 0 Å². The summed E-state index contributed by atoms with van der Waals surface area (Å²) in [5.74, 6) is -0.218. The molecule has 0 unspecified atom stereocenters. The van der Waals surface area contributed by atoms with E-state index in [0.29, 0.717) is 0 Å². The third-order valence-corrected chi connectivity index (χ3v) is 2.99. The number of benzene rings is 1. The van der Waals surface area contributed by atoms with Gasteiger partial charge in [0.05, 0.1) is 0 Å². The first kappa shape index (κ1) is 13.5. The van der Waals surface area contributed by atoms with Crippen LogP contribution >= 0.6 is 0 Å². The van der Waals surface area contributed by atoms with Crippen LogP contribution in [0.5, 0.6) is 0 Å². The van der Waals surface area contributed by atoms with Crippen molar-refractivity contribution in [2.75, 3.05) is 18.5 Å². The van der Waals surface area contributed by atoms with Gasteiger partial charge in [-0.3, -0.25) is 4.98 Å². The number of rotatable bonds is 5. The Labute approximate surface area is 113 Å². The molecule has 0 aliphatic heterocycles. The van der Waals surface area contributed by atoms with Crippen LogP contribution in [-0.4, -0.2) is 18.6 Å². The maximum Gasteiger partial charge on any atom is 0.123 e. The lowest BCUT2D eigenvalue weighted by Crippen LogP contribution is -2.19. The Balaban J connectivity index is 2.39. The minimum absolute atomic E-state index is 0.218. The summed E-state index contributed by atoms with van der Waals surface area (Å²) in [5.41, 5.74) is 3.20. The van der Waals surface area contributed by atoms with E-state index >= 15 is 0 Å². The Morgan fingerprint density at radius 3 is 2.58 bits per heavy atom. The predicted octanol–water partition coefficient (Wildman–Crippen LogP) is 3.10. The van der Waals surface area contributed by atoms with Crippen LogP contribution in [0.4, 0.5) is 15.8 Å². The van der Waals surface area contributed by atoms with Gasteiger partial charge in [-0.25, -0.2) is 4.39 Å². The van der Waals surface area contributed by atoms with Gasteiger partial charge in [0, 0.05) is 42.4 Å². The van der Waals surface area contributed by atoms with Crippen molar-refractivity contribution in [3.8, 4) is 0 Å². The third-order valence-electron chi connectivity index (χ3n) is 2.99. The van der Waals surface area contributed by atoms with E-state index < -0.39 is 0 Å². The van der Waals surface area contributed by atoms with Crippen LogP contribution in [0.25, 0.3) is 0 Å². The Bertz CT molecular complexity index is 525. The van der Waals surface area contributed by atoms with Crippen molar-refractivity contribution in [3.63, 3.8) is 0 Å². The molecule has 4 heteroatoms. The summed E-state index contributed by atoms with van der Waals surface area (Å²) in [4.78, 5) is 6.31. The molecular formula is C15H18FN3. The van der Waals surface area contributed by atoms with Gasteiger partial charge in [-0.05, 0) is 44.3 Å². The number of anilines is 2. The summed E-state index contributed by atoms with van der Waals surface area (Å²) < 4.78 is 13.0. The Morgan fingerprint density at radius 1 is 1.21 bits per heavy atom. The summed E-state index contributed by atoms with van der Waals surface area (Å²) in [6, 6.07) is 8.54. The molecule has 0 fully saturated rings. The van der Waals surface area contributed by atoms with Crippen molar-refractivity contribution < 1.29 is 4.39 Å². The van der Waals surface area contributed by atoms with Gasteiger partial charge in [0.2, 0.25) is 0 Å². The maximum atomic E-state index is 13.0. The molecule has 1 aromatic heterocycles. The summed E-state index contributed by atoms with van der Waals surface area (Å²) in [5, 5.41) is 3.14. The van der Waals surface area contributed by atoms with Crippen molar-refractivity contribution in [2.45, 2.75) is 13.5 Å². The first-order valence-electron chi connectivity index (χ1n) is 6.37. The average Bonchev–Trinajstić information content (AvgIpc) is 2.44. The molecule has 1 heterocycles. The van der Waals surface area contributed by atoms with Crippen molar-refractivity contribution in [3.05, 3.63) is 54.1 Å². The molecule has 0 amide bonds. The predicted molar refractivity (Wildman–Crippen MR) is 76.1 cm³/mol. The highest BCUT2D eigenvalue weighted by atomic mass is 19.1. The van der Waals surface area contributed by atoms with Crippen molar-refractivity contribution >= 4 is 11.4 Å². The molecule has 0 radical (unpaired) electrons. The Morgan fingerprint density at radius 2 is 1.95 bits per heavy atom. The minimum atomic E-state index is -0.218. The van der Waals surface area contributed by atoms with Gasteiger partial charge in [-0.1, -0.05) is 0 Å². The first-order valence-corrected chi connectivity index (χ1v) is 6.37. The molecule has 2 rings (SSSR count). The average molecular weight is 259 g/mol. The fourth-order valence-electron chi connectivity index (χ4n) is 2.12. The zero-order valence-electron chi connectivity index (χ0n) is 11.2. The highest BCUT2D eigenvalue weighted by molar-refractivity contribution is 5.65. The molecule has 2 aromatic rings. The Hall–Kier alpha value is -1.94. The molecule has 0 atom stereocenters. The second-order valence-electron chi connectivity index (χ2n) is 4.26. The van der Waals surface area contributed by atoms with E-state index in [-0.39, 0.29) is 5.82 Å². The quantitative estimate of drug-likeness (QED) is 0.894. The monoisotopic (exact) mass is 259 g/mol. The number of nitrogens with one attached hydrogen (secondary N) is 1. The largest absolute Gasteiger partial charge is 0.341 e. The number of halogens is 1. The second-order valence-corrected chi connectivity index (χ2v) is 4.26. The van der Waals surface area contributed by atoms with Crippen LogP contribution in [0, 0.1) is 5.82 Å². The zero-order valence-corrected chi connectivity index (χ0v) is 11.2. The maximum absolute atomic E-state index is 13.0. The topological polar surface area (TPSA) is 28.2 Å². The fourth-order valence-corrected chi connectivity index (χ4v) is 2.12. The number of nitrogens with zero attached hydrogens (tertiary/aromatic N) is 2. The summed E-state index contributed by atoms with van der Waals surface area (Å²) >= 11 is 0. The molecule has 1 N–H and O–H groups in total. The van der Waals surface area contributed by atoms with E-state index in [4.69, 9.17) is 0 Å². The van der Waals surface area contributed by atoms with Crippen LogP contribution in [-0.2, 0) is 6.54 Å². The number of pyridine rings is 1. The first-order chi connectivity index (χ1) is 9.26. The van der Waals surface area contributed by atoms with Gasteiger partial charge in [-0.2, -0.15) is 0 Å². The van der Waals surface area contributed by atoms with Gasteiger partial charge in [0.25, 0.3) is 0 Å². The second kappa shape index (κ2) is 6.29. The molecule has 0 saturated heterocycles. The molecule has 0 spiro atoms. The molecule has 0 aliphatic rings. The fraction of sp³-hybridized carbons (Fsp3) is 0.267. The summed E-state index contributed by atoms with van der Waals surface area (Å²) in [6.07, 6.45) is 3.64. The number of aromatic nitrogens is 1. The number of hydrogen-bond acceptors (Lipinski definition) is 3. The van der Waals surface area contributed by atoms with Gasteiger partial charge in [-0.15, -0.1) is 0 Å². The van der Waals surface area contributed by atoms with E-state index in [0.717, 1.165) is 30.0 Å². The molecule has 100 valence electrons. The standard InChI is InChI=1S/C15H18FN3/c1-3-19(14-6-4-13(16)5-7-14)15-8-9-18-11-12(15)10-17-2/h4-9,11,17H,3,10H2,1-2H3. The van der Waals surface area contributed by atoms with Crippen molar-refractivity contribution in [2.24, 2.45) is 0 Å². The van der Waals surface area contributed by atoms with E-state index in [1.54, 1.807) is 18.3 Å². The van der Waals surface area contributed by atoms with E-state index in [1.165, 1.54) is 12.1 Å². The van der Waals surface area contributed by atoms with Gasteiger partial charge in [0.1, 0.15) is 5.82 Å². The number of hydrogen-bond donors (Lipinski definition) is 1. The normalized spacial score (nSPS) is 10.5. The smallest absolute Gasteiger partial charge is 0.123 e. The Kier molecular flexibility index (Phi) is 4.47. The van der Waals surface area contributed by atoms with Gasteiger partial charge < -0.3 is 10.2 Å². The summed E-state index contributed by atoms with van der Waals surface area (Å²) in [7, 11) is 1.91. The third kappa shape index (κ3) is 3.09. The van der Waals surface area contributed by atoms with Crippen LogP contribution in [0.3, 0.4) is 0 Å². The molecule has 0 aliphatic carbocycles. The lowest BCUT2D eigenvalue weighted by molar-refractivity contribution is 0.628. The van der Waals surface area contributed by atoms with E-state index in [2.05, 4.69) is 22.1 Å². The van der Waals surface area contributed by atoms with Crippen LogP contribution in [0.1, 0.15) is 12.5 Å². The lowest BCUT2D eigenvalue weighted by Gasteiger charge is -2.25. The molecular weight excluding hydrogens is 241 g/mol. The molecule has 0 bridgehead atoms. The molecule has 19 heavy (non-hydrogen) atoms. The molecule has 3 nitrogen and oxygen atoms in total. The van der Waals surface area contributed by atoms with Crippen LogP contribution in [0.15, 0.2) is 42.7 Å². The van der Waals surface area contributed by atoms with Gasteiger partial charge >= 0.3 is 0 Å².